The maximum atomic E-state index is 13.2. The molecule has 1 aromatic rings. The Bertz CT molecular complexity index is 530. The van der Waals surface area contributed by atoms with Crippen molar-refractivity contribution in [2.24, 2.45) is 5.92 Å². The van der Waals surface area contributed by atoms with Gasteiger partial charge in [-0.2, -0.15) is 0 Å². The molecular formula is C16H20FNO3. The van der Waals surface area contributed by atoms with Crippen LogP contribution in [-0.2, 0) is 9.53 Å². The van der Waals surface area contributed by atoms with E-state index in [-0.39, 0.29) is 29.6 Å². The Morgan fingerprint density at radius 3 is 2.76 bits per heavy atom. The fourth-order valence-corrected chi connectivity index (χ4v) is 3.21. The number of amides is 1. The summed E-state index contributed by atoms with van der Waals surface area (Å²) in [7, 11) is 1.72. The summed E-state index contributed by atoms with van der Waals surface area (Å²) in [6.45, 7) is 0.683. The van der Waals surface area contributed by atoms with Crippen LogP contribution < -0.4 is 0 Å². The van der Waals surface area contributed by atoms with Gasteiger partial charge in [-0.05, 0) is 36.5 Å². The van der Waals surface area contributed by atoms with E-state index in [0.717, 1.165) is 18.4 Å². The van der Waals surface area contributed by atoms with Crippen LogP contribution in [0.2, 0.25) is 0 Å². The molecule has 0 spiro atoms. The van der Waals surface area contributed by atoms with Gasteiger partial charge in [-0.15, -0.1) is 0 Å². The molecule has 1 saturated carbocycles. The fraction of sp³-hybridized carbons (Fsp3) is 0.562. The zero-order valence-corrected chi connectivity index (χ0v) is 12.0. The standard InChI is InChI=1S/C16H20FNO3/c1-18(14-8-21-9-15(14)19)16(20)12-5-11(6-12)10-3-2-4-13(17)7-10/h2-4,7,11-12,14-15,19H,5-6,8-9H2,1H3/t11?,12?,14-,15-/m1/s1. The Balaban J connectivity index is 1.57. The van der Waals surface area contributed by atoms with E-state index >= 15 is 0 Å². The van der Waals surface area contributed by atoms with Crippen molar-refractivity contribution in [2.45, 2.75) is 30.9 Å². The third kappa shape index (κ3) is 2.80. The van der Waals surface area contributed by atoms with Crippen molar-refractivity contribution in [3.8, 4) is 0 Å². The normalized spacial score (nSPS) is 31.8. The van der Waals surface area contributed by atoms with Crippen molar-refractivity contribution in [1.82, 2.24) is 4.90 Å². The van der Waals surface area contributed by atoms with Gasteiger partial charge in [-0.3, -0.25) is 4.79 Å². The second-order valence-corrected chi connectivity index (χ2v) is 6.04. The van der Waals surface area contributed by atoms with Gasteiger partial charge in [0.25, 0.3) is 0 Å². The molecule has 1 heterocycles. The first-order valence-corrected chi connectivity index (χ1v) is 7.34. The lowest BCUT2D eigenvalue weighted by molar-refractivity contribution is -0.141. The Morgan fingerprint density at radius 2 is 2.14 bits per heavy atom. The zero-order chi connectivity index (χ0) is 15.0. The molecule has 1 aromatic carbocycles. The Kier molecular flexibility index (Phi) is 3.95. The van der Waals surface area contributed by atoms with E-state index in [1.807, 2.05) is 6.07 Å². The molecule has 0 radical (unpaired) electrons. The summed E-state index contributed by atoms with van der Waals surface area (Å²) in [4.78, 5) is 14.0. The van der Waals surface area contributed by atoms with Crippen molar-refractivity contribution in [3.05, 3.63) is 35.6 Å². The number of aliphatic hydroxyl groups is 1. The first-order chi connectivity index (χ1) is 10.1. The summed E-state index contributed by atoms with van der Waals surface area (Å²) in [5.74, 6) is 0.0479. The highest BCUT2D eigenvalue weighted by atomic mass is 19.1. The molecule has 1 aliphatic carbocycles. The van der Waals surface area contributed by atoms with Gasteiger partial charge < -0.3 is 14.7 Å². The lowest BCUT2D eigenvalue weighted by atomic mass is 9.70. The van der Waals surface area contributed by atoms with Crippen LogP contribution in [0.4, 0.5) is 4.39 Å². The molecule has 2 atom stereocenters. The summed E-state index contributed by atoms with van der Waals surface area (Å²) in [6, 6.07) is 6.35. The molecule has 1 saturated heterocycles. The maximum Gasteiger partial charge on any atom is 0.225 e. The second-order valence-electron chi connectivity index (χ2n) is 6.04. The van der Waals surface area contributed by atoms with E-state index in [1.165, 1.54) is 6.07 Å². The largest absolute Gasteiger partial charge is 0.388 e. The molecule has 1 amide bonds. The van der Waals surface area contributed by atoms with E-state index < -0.39 is 6.10 Å². The fourth-order valence-electron chi connectivity index (χ4n) is 3.21. The van der Waals surface area contributed by atoms with Crippen LogP contribution >= 0.6 is 0 Å². The quantitative estimate of drug-likeness (QED) is 0.919. The Hall–Kier alpha value is -1.46. The average Bonchev–Trinajstić information content (AvgIpc) is 2.82. The van der Waals surface area contributed by atoms with E-state index in [1.54, 1.807) is 24.1 Å². The minimum absolute atomic E-state index is 0.0314. The molecule has 4 nitrogen and oxygen atoms in total. The molecular weight excluding hydrogens is 273 g/mol. The van der Waals surface area contributed by atoms with Crippen LogP contribution in [0.25, 0.3) is 0 Å². The molecule has 2 fully saturated rings. The first kappa shape index (κ1) is 14.5. The van der Waals surface area contributed by atoms with Gasteiger partial charge >= 0.3 is 0 Å². The number of halogens is 1. The number of carbonyl (C=O) groups excluding carboxylic acids is 1. The van der Waals surface area contributed by atoms with Gasteiger partial charge in [0, 0.05) is 13.0 Å². The van der Waals surface area contributed by atoms with E-state index in [9.17, 15) is 14.3 Å². The van der Waals surface area contributed by atoms with Crippen molar-refractivity contribution < 1.29 is 19.0 Å². The molecule has 0 bridgehead atoms. The Labute approximate surface area is 123 Å². The molecule has 5 heteroatoms. The minimum Gasteiger partial charge on any atom is -0.388 e. The molecule has 1 aliphatic heterocycles. The number of hydrogen-bond donors (Lipinski definition) is 1. The third-order valence-electron chi connectivity index (χ3n) is 4.67. The lowest BCUT2D eigenvalue weighted by Gasteiger charge is -2.38. The summed E-state index contributed by atoms with van der Waals surface area (Å²) < 4.78 is 18.4. The first-order valence-electron chi connectivity index (χ1n) is 7.34. The van der Waals surface area contributed by atoms with Crippen LogP contribution in [0.3, 0.4) is 0 Å². The zero-order valence-electron chi connectivity index (χ0n) is 12.0. The number of ether oxygens (including phenoxy) is 1. The summed E-state index contributed by atoms with van der Waals surface area (Å²) in [5.41, 5.74) is 0.964. The van der Waals surface area contributed by atoms with E-state index in [0.29, 0.717) is 13.2 Å². The molecule has 2 aliphatic rings. The van der Waals surface area contributed by atoms with Gasteiger partial charge in [0.2, 0.25) is 5.91 Å². The van der Waals surface area contributed by atoms with E-state index in [4.69, 9.17) is 4.74 Å². The van der Waals surface area contributed by atoms with Crippen molar-refractivity contribution in [3.63, 3.8) is 0 Å². The highest BCUT2D eigenvalue weighted by Crippen LogP contribution is 2.42. The third-order valence-corrected chi connectivity index (χ3v) is 4.67. The van der Waals surface area contributed by atoms with Crippen molar-refractivity contribution in [2.75, 3.05) is 20.3 Å². The number of rotatable bonds is 3. The van der Waals surface area contributed by atoms with Crippen molar-refractivity contribution >= 4 is 5.91 Å². The molecule has 114 valence electrons. The smallest absolute Gasteiger partial charge is 0.225 e. The van der Waals surface area contributed by atoms with Gasteiger partial charge in [0.15, 0.2) is 0 Å². The molecule has 21 heavy (non-hydrogen) atoms. The highest BCUT2D eigenvalue weighted by molar-refractivity contribution is 5.80. The molecule has 0 unspecified atom stereocenters. The molecule has 3 rings (SSSR count). The Morgan fingerprint density at radius 1 is 1.38 bits per heavy atom. The number of likely N-dealkylation sites (N-methyl/N-ethyl adjacent to an activating group) is 1. The number of aliphatic hydroxyl groups excluding tert-OH is 1. The summed E-state index contributed by atoms with van der Waals surface area (Å²) >= 11 is 0. The number of nitrogens with zero attached hydrogens (tertiary/aromatic N) is 1. The number of benzene rings is 1. The predicted octanol–water partition coefficient (Wildman–Crippen LogP) is 1.54. The van der Waals surface area contributed by atoms with Crippen LogP contribution in [0.1, 0.15) is 24.3 Å². The monoisotopic (exact) mass is 293 g/mol. The number of hydrogen-bond acceptors (Lipinski definition) is 3. The van der Waals surface area contributed by atoms with Gasteiger partial charge in [0.05, 0.1) is 25.4 Å². The molecule has 1 N–H and O–H groups in total. The highest BCUT2D eigenvalue weighted by Gasteiger charge is 2.40. The van der Waals surface area contributed by atoms with Crippen LogP contribution in [0.15, 0.2) is 24.3 Å². The predicted molar refractivity (Wildman–Crippen MR) is 75.2 cm³/mol. The number of carbonyl (C=O) groups is 1. The van der Waals surface area contributed by atoms with Crippen LogP contribution in [-0.4, -0.2) is 48.3 Å². The SMILES string of the molecule is CN(C(=O)C1CC(c2cccc(F)c2)C1)[C@@H]1COC[C@H]1O. The summed E-state index contributed by atoms with van der Waals surface area (Å²) in [6.07, 6.45) is 0.894. The van der Waals surface area contributed by atoms with Crippen LogP contribution in [0, 0.1) is 11.7 Å². The topological polar surface area (TPSA) is 49.8 Å². The lowest BCUT2D eigenvalue weighted by Crippen LogP contribution is -2.48. The summed E-state index contributed by atoms with van der Waals surface area (Å²) in [5, 5.41) is 9.78. The van der Waals surface area contributed by atoms with Gasteiger partial charge in [0.1, 0.15) is 5.82 Å². The second kappa shape index (κ2) is 5.73. The molecule has 0 aromatic heterocycles. The van der Waals surface area contributed by atoms with Gasteiger partial charge in [-0.25, -0.2) is 4.39 Å². The van der Waals surface area contributed by atoms with Crippen LogP contribution in [0.5, 0.6) is 0 Å². The minimum atomic E-state index is -0.599. The van der Waals surface area contributed by atoms with Crippen molar-refractivity contribution in [1.29, 1.82) is 0 Å². The van der Waals surface area contributed by atoms with Gasteiger partial charge in [-0.1, -0.05) is 12.1 Å². The van der Waals surface area contributed by atoms with E-state index in [2.05, 4.69) is 0 Å². The maximum absolute atomic E-state index is 13.2. The average molecular weight is 293 g/mol.